The predicted octanol–water partition coefficient (Wildman–Crippen LogP) is 4.69. The van der Waals surface area contributed by atoms with Crippen LogP contribution in [0.1, 0.15) is 13.8 Å². The van der Waals surface area contributed by atoms with E-state index in [0.717, 1.165) is 9.32 Å². The van der Waals surface area contributed by atoms with Crippen LogP contribution in [0.4, 0.5) is 11.4 Å². The summed E-state index contributed by atoms with van der Waals surface area (Å²) in [6.45, 7) is 4.76. The third-order valence-electron chi connectivity index (χ3n) is 3.62. The van der Waals surface area contributed by atoms with Crippen molar-refractivity contribution < 1.29 is 9.66 Å². The zero-order chi connectivity index (χ0) is 19.6. The van der Waals surface area contributed by atoms with E-state index in [0.29, 0.717) is 28.5 Å². The molecular formula is C16H24ClIN4O3S. The highest BCUT2D eigenvalue weighted by Gasteiger charge is 2.25. The minimum Gasteiger partial charge on any atom is -0.377 e. The zero-order valence-electron chi connectivity index (χ0n) is 15.5. The Balaban J connectivity index is 2.44. The Hall–Kier alpha value is -0.780. The molecule has 0 fully saturated rings. The Morgan fingerprint density at radius 3 is 2.65 bits per heavy atom. The molecule has 1 N–H and O–H groups in total. The number of rotatable bonds is 8. The van der Waals surface area contributed by atoms with Gasteiger partial charge in [-0.1, -0.05) is 11.6 Å². The molecule has 0 saturated heterocycles. The fourth-order valence-electron chi connectivity index (χ4n) is 2.37. The molecule has 0 bridgehead atoms. The molecule has 0 atom stereocenters. The molecule has 0 aromatic carbocycles. The lowest BCUT2D eigenvalue weighted by Gasteiger charge is -2.24. The van der Waals surface area contributed by atoms with Crippen LogP contribution in [-0.4, -0.2) is 51.6 Å². The van der Waals surface area contributed by atoms with Gasteiger partial charge in [0.1, 0.15) is 29.4 Å². The normalized spacial score (nSPS) is 12.8. The second-order valence-corrected chi connectivity index (χ2v) is 13.2. The summed E-state index contributed by atoms with van der Waals surface area (Å²) in [6, 6.07) is 0.0308. The number of ether oxygens (including phenoxy) is 1. The average Bonchev–Trinajstić information content (AvgIpc) is 2.74. The topological polar surface area (TPSA) is 82.2 Å². The fourth-order valence-corrected chi connectivity index (χ4v) is 4.02. The number of nitro groups is 1. The molecule has 7 nitrogen and oxygen atoms in total. The van der Waals surface area contributed by atoms with Crippen LogP contribution < -0.4 is 5.32 Å². The van der Waals surface area contributed by atoms with Gasteiger partial charge in [-0.05, 0) is 55.2 Å². The first-order valence-electron chi connectivity index (χ1n) is 8.03. The van der Waals surface area contributed by atoms with Crippen LogP contribution in [0.2, 0.25) is 5.15 Å². The van der Waals surface area contributed by atoms with E-state index in [-0.39, 0.29) is 18.5 Å². The molecule has 2 aromatic heterocycles. The Morgan fingerprint density at radius 2 is 2.12 bits per heavy atom. The lowest BCUT2D eigenvalue weighted by Crippen LogP contribution is -2.13. The number of anilines is 1. The minimum absolute atomic E-state index is 0.0308. The van der Waals surface area contributed by atoms with E-state index in [1.54, 1.807) is 4.57 Å². The molecule has 0 unspecified atom stereocenters. The molecule has 0 amide bonds. The second-order valence-electron chi connectivity index (χ2n) is 7.14. The van der Waals surface area contributed by atoms with E-state index in [1.807, 2.05) is 13.8 Å². The molecule has 0 aliphatic carbocycles. The van der Waals surface area contributed by atoms with Gasteiger partial charge in [-0.3, -0.25) is 14.7 Å². The van der Waals surface area contributed by atoms with Crippen LogP contribution in [-0.2, 0) is 11.5 Å². The van der Waals surface area contributed by atoms with E-state index in [1.165, 1.54) is 6.20 Å². The lowest BCUT2D eigenvalue weighted by atomic mass is 10.2. The van der Waals surface area contributed by atoms with Gasteiger partial charge in [0.15, 0.2) is 0 Å². The van der Waals surface area contributed by atoms with Crippen LogP contribution in [0.15, 0.2) is 6.20 Å². The quantitative estimate of drug-likeness (QED) is 0.239. The summed E-state index contributed by atoms with van der Waals surface area (Å²) in [5, 5.41) is 15.7. The van der Waals surface area contributed by atoms with E-state index < -0.39 is 15.0 Å². The number of halogens is 2. The number of hydrogen-bond donors (Lipinski definition) is 1. The SMILES string of the molecule is CC(C)Nc1c([N+](=O)[O-])cnc2c1c(I)c(Cl)n2COCCS(C)(C)C. The maximum absolute atomic E-state index is 11.4. The second kappa shape index (κ2) is 8.49. The van der Waals surface area contributed by atoms with Gasteiger partial charge in [0.05, 0.1) is 20.5 Å². The number of nitrogens with one attached hydrogen (secondary N) is 1. The molecule has 2 rings (SSSR count). The van der Waals surface area contributed by atoms with Crippen LogP contribution in [0, 0.1) is 13.7 Å². The molecule has 0 aliphatic heterocycles. The summed E-state index contributed by atoms with van der Waals surface area (Å²) in [5.41, 5.74) is 0.964. The summed E-state index contributed by atoms with van der Waals surface area (Å²) < 4.78 is 8.28. The first kappa shape index (κ1) is 21.5. The first-order chi connectivity index (χ1) is 12.0. The van der Waals surface area contributed by atoms with Crippen molar-refractivity contribution >= 4 is 66.6 Å². The molecule has 0 spiro atoms. The molecule has 2 heterocycles. The molecule has 146 valence electrons. The van der Waals surface area contributed by atoms with E-state index in [2.05, 4.69) is 51.7 Å². The highest BCUT2D eigenvalue weighted by Crippen LogP contribution is 2.40. The summed E-state index contributed by atoms with van der Waals surface area (Å²) in [7, 11) is -0.631. The van der Waals surface area contributed by atoms with Gasteiger partial charge in [0, 0.05) is 11.8 Å². The summed E-state index contributed by atoms with van der Waals surface area (Å²) in [4.78, 5) is 15.3. The van der Waals surface area contributed by atoms with Crippen molar-refractivity contribution in [3.63, 3.8) is 0 Å². The van der Waals surface area contributed by atoms with Crippen molar-refractivity contribution in [2.45, 2.75) is 26.6 Å². The van der Waals surface area contributed by atoms with Crippen molar-refractivity contribution in [3.8, 4) is 0 Å². The monoisotopic (exact) mass is 514 g/mol. The Morgan fingerprint density at radius 1 is 1.46 bits per heavy atom. The molecule has 26 heavy (non-hydrogen) atoms. The maximum Gasteiger partial charge on any atom is 0.311 e. The summed E-state index contributed by atoms with van der Waals surface area (Å²) in [5.74, 6) is 1.000. The van der Waals surface area contributed by atoms with Gasteiger partial charge >= 0.3 is 5.69 Å². The van der Waals surface area contributed by atoms with E-state index in [4.69, 9.17) is 16.3 Å². The zero-order valence-corrected chi connectivity index (χ0v) is 19.2. The van der Waals surface area contributed by atoms with Gasteiger partial charge in [-0.2, -0.15) is 0 Å². The lowest BCUT2D eigenvalue weighted by molar-refractivity contribution is -0.384. The highest BCUT2D eigenvalue weighted by molar-refractivity contribution is 14.1. The Kier molecular flexibility index (Phi) is 7.03. The van der Waals surface area contributed by atoms with Crippen LogP contribution >= 0.6 is 44.2 Å². The Labute approximate surface area is 173 Å². The third-order valence-corrected chi connectivity index (χ3v) is 6.78. The smallest absolute Gasteiger partial charge is 0.311 e. The van der Waals surface area contributed by atoms with Crippen molar-refractivity contribution in [2.24, 2.45) is 0 Å². The van der Waals surface area contributed by atoms with Crippen molar-refractivity contribution in [2.75, 3.05) is 36.4 Å². The summed E-state index contributed by atoms with van der Waals surface area (Å²) in [6.07, 6.45) is 7.99. The van der Waals surface area contributed by atoms with Crippen molar-refractivity contribution in [1.29, 1.82) is 0 Å². The molecule has 0 radical (unpaired) electrons. The van der Waals surface area contributed by atoms with Crippen LogP contribution in [0.5, 0.6) is 0 Å². The number of pyridine rings is 1. The standard InChI is InChI=1S/C16H24ClIN4O3S/c1-10(2)20-14-11(22(23)24)8-19-16-12(14)13(18)15(17)21(16)9-25-6-7-26(3,4)5/h8,10H,6-7,9H2,1-5H3,(H,19,20). The highest BCUT2D eigenvalue weighted by atomic mass is 127. The molecule has 2 aromatic rings. The first-order valence-corrected chi connectivity index (χ1v) is 12.5. The van der Waals surface area contributed by atoms with Crippen LogP contribution in [0.3, 0.4) is 0 Å². The van der Waals surface area contributed by atoms with Gasteiger partial charge < -0.3 is 10.1 Å². The largest absolute Gasteiger partial charge is 0.377 e. The van der Waals surface area contributed by atoms with Gasteiger partial charge in [-0.15, -0.1) is 0 Å². The van der Waals surface area contributed by atoms with Gasteiger partial charge in [-0.25, -0.2) is 15.0 Å². The molecule has 0 saturated carbocycles. The van der Waals surface area contributed by atoms with Crippen LogP contribution in [0.25, 0.3) is 11.0 Å². The number of aromatic nitrogens is 2. The van der Waals surface area contributed by atoms with E-state index in [9.17, 15) is 10.1 Å². The van der Waals surface area contributed by atoms with Crippen molar-refractivity contribution in [1.82, 2.24) is 9.55 Å². The molecule has 0 aliphatic rings. The average molecular weight is 515 g/mol. The maximum atomic E-state index is 11.4. The van der Waals surface area contributed by atoms with E-state index >= 15 is 0 Å². The predicted molar refractivity (Wildman–Crippen MR) is 119 cm³/mol. The number of fused-ring (bicyclic) bond motifs is 1. The molecule has 10 heteroatoms. The van der Waals surface area contributed by atoms with Crippen molar-refractivity contribution in [3.05, 3.63) is 25.0 Å². The number of nitrogens with zero attached hydrogens (tertiary/aromatic N) is 3. The third kappa shape index (κ3) is 4.93. The van der Waals surface area contributed by atoms with Gasteiger partial charge in [0.2, 0.25) is 0 Å². The summed E-state index contributed by atoms with van der Waals surface area (Å²) >= 11 is 8.59. The van der Waals surface area contributed by atoms with Gasteiger partial charge in [0.25, 0.3) is 0 Å². The Bertz CT molecular complexity index is 820. The molecular weight excluding hydrogens is 491 g/mol. The minimum atomic E-state index is -0.631. The fraction of sp³-hybridized carbons (Fsp3) is 0.562. The number of hydrogen-bond acceptors (Lipinski definition) is 5.